The number of rotatable bonds is 4. The highest BCUT2D eigenvalue weighted by molar-refractivity contribution is 7.16. The molecule has 6 heteroatoms. The lowest BCUT2D eigenvalue weighted by Gasteiger charge is -2.06. The molecule has 0 bridgehead atoms. The van der Waals surface area contributed by atoms with Crippen molar-refractivity contribution in [1.82, 2.24) is 4.57 Å². The number of carbonyl (C=O) groups is 1. The van der Waals surface area contributed by atoms with Gasteiger partial charge in [-0.25, -0.2) is 0 Å². The van der Waals surface area contributed by atoms with Crippen molar-refractivity contribution in [3.63, 3.8) is 0 Å². The maximum Gasteiger partial charge on any atom is 0.279 e. The molecule has 0 fully saturated rings. The molecule has 0 aliphatic carbocycles. The summed E-state index contributed by atoms with van der Waals surface area (Å²) in [6.45, 7) is 0.345. The van der Waals surface area contributed by atoms with Crippen LogP contribution in [0.4, 0.5) is 0 Å². The van der Waals surface area contributed by atoms with Crippen LogP contribution in [-0.2, 0) is 6.54 Å². The molecule has 0 atom stereocenters. The monoisotopic (exact) mass is 352 g/mol. The van der Waals surface area contributed by atoms with Gasteiger partial charge < -0.3 is 14.0 Å². The van der Waals surface area contributed by atoms with E-state index in [-0.39, 0.29) is 5.91 Å². The van der Waals surface area contributed by atoms with E-state index < -0.39 is 0 Å². The topological polar surface area (TPSA) is 52.8 Å². The van der Waals surface area contributed by atoms with E-state index in [1.807, 2.05) is 28.8 Å². The molecule has 0 radical (unpaired) electrons. The lowest BCUT2D eigenvalue weighted by molar-refractivity contribution is 0.0997. The summed E-state index contributed by atoms with van der Waals surface area (Å²) in [5.74, 6) is 3.30. The SMILES string of the molecule is C#CCn1c(=NC(=O)c2cc(OC)cc(OC)c2)sc2ccccc21. The minimum absolute atomic E-state index is 0.345. The lowest BCUT2D eigenvalue weighted by atomic mass is 10.2. The Kier molecular flexibility index (Phi) is 4.87. The van der Waals surface area contributed by atoms with Gasteiger partial charge in [0.1, 0.15) is 11.5 Å². The number of terminal acetylenes is 1. The Bertz CT molecular complexity index is 1020. The average molecular weight is 352 g/mol. The molecule has 1 heterocycles. The van der Waals surface area contributed by atoms with E-state index in [1.165, 1.54) is 25.6 Å². The van der Waals surface area contributed by atoms with Crippen LogP contribution in [-0.4, -0.2) is 24.7 Å². The summed E-state index contributed by atoms with van der Waals surface area (Å²) < 4.78 is 13.3. The van der Waals surface area contributed by atoms with Crippen LogP contribution in [0.5, 0.6) is 11.5 Å². The van der Waals surface area contributed by atoms with E-state index >= 15 is 0 Å². The Hall–Kier alpha value is -3.04. The van der Waals surface area contributed by atoms with Gasteiger partial charge in [0.15, 0.2) is 4.80 Å². The molecule has 0 N–H and O–H groups in total. The van der Waals surface area contributed by atoms with Crippen LogP contribution in [0.25, 0.3) is 10.2 Å². The number of ether oxygens (including phenoxy) is 2. The van der Waals surface area contributed by atoms with Gasteiger partial charge in [-0.3, -0.25) is 4.79 Å². The number of methoxy groups -OCH3 is 2. The summed E-state index contributed by atoms with van der Waals surface area (Å²) in [7, 11) is 3.07. The summed E-state index contributed by atoms with van der Waals surface area (Å²) in [4.78, 5) is 17.5. The minimum Gasteiger partial charge on any atom is -0.497 e. The van der Waals surface area contributed by atoms with Crippen molar-refractivity contribution in [2.45, 2.75) is 6.54 Å². The Morgan fingerprint density at radius 3 is 2.52 bits per heavy atom. The number of thiazole rings is 1. The number of para-hydroxylation sites is 1. The Morgan fingerprint density at radius 1 is 1.20 bits per heavy atom. The molecule has 3 rings (SSSR count). The Labute approximate surface area is 149 Å². The standard InChI is InChI=1S/C19H16N2O3S/c1-4-9-21-16-7-5-6-8-17(16)25-19(21)20-18(22)13-10-14(23-2)12-15(11-13)24-3/h1,5-8,10-12H,9H2,2-3H3. The maximum absolute atomic E-state index is 12.6. The van der Waals surface area contributed by atoms with Gasteiger partial charge in [0, 0.05) is 11.6 Å². The highest BCUT2D eigenvalue weighted by atomic mass is 32.1. The number of carbonyl (C=O) groups excluding carboxylic acids is 1. The molecule has 0 saturated carbocycles. The fraction of sp³-hybridized carbons (Fsp3) is 0.158. The molecule has 2 aromatic carbocycles. The second-order valence-corrected chi connectivity index (χ2v) is 6.17. The molecule has 0 unspecified atom stereocenters. The Morgan fingerprint density at radius 2 is 1.88 bits per heavy atom. The van der Waals surface area contributed by atoms with E-state index in [1.54, 1.807) is 18.2 Å². The van der Waals surface area contributed by atoms with Gasteiger partial charge in [-0.15, -0.1) is 6.42 Å². The predicted octanol–water partition coefficient (Wildman–Crippen LogP) is 3.09. The van der Waals surface area contributed by atoms with Gasteiger partial charge in [-0.05, 0) is 24.3 Å². The zero-order valence-corrected chi connectivity index (χ0v) is 14.7. The number of amides is 1. The van der Waals surface area contributed by atoms with Crippen LogP contribution in [0.15, 0.2) is 47.5 Å². The quantitative estimate of drug-likeness (QED) is 0.678. The molecule has 0 aliphatic rings. The number of hydrogen-bond acceptors (Lipinski definition) is 4. The van der Waals surface area contributed by atoms with Crippen molar-refractivity contribution in [1.29, 1.82) is 0 Å². The van der Waals surface area contributed by atoms with Crippen molar-refractivity contribution in [2.24, 2.45) is 4.99 Å². The highest BCUT2D eigenvalue weighted by Gasteiger charge is 2.11. The van der Waals surface area contributed by atoms with Crippen LogP contribution in [0.2, 0.25) is 0 Å². The first-order valence-corrected chi connectivity index (χ1v) is 8.32. The van der Waals surface area contributed by atoms with Gasteiger partial charge in [-0.1, -0.05) is 29.4 Å². The molecule has 0 saturated heterocycles. The number of hydrogen-bond donors (Lipinski definition) is 0. The third kappa shape index (κ3) is 3.42. The number of fused-ring (bicyclic) bond motifs is 1. The number of nitrogens with zero attached hydrogens (tertiary/aromatic N) is 2. The third-order valence-corrected chi connectivity index (χ3v) is 4.69. The van der Waals surface area contributed by atoms with E-state index in [9.17, 15) is 4.79 Å². The molecule has 0 spiro atoms. The molecular weight excluding hydrogens is 336 g/mol. The number of benzene rings is 2. The summed E-state index contributed by atoms with van der Waals surface area (Å²) in [5.41, 5.74) is 1.35. The Balaban J connectivity index is 2.12. The normalized spacial score (nSPS) is 11.3. The molecule has 5 nitrogen and oxygen atoms in total. The van der Waals surface area contributed by atoms with Crippen LogP contribution in [0, 0.1) is 12.3 Å². The van der Waals surface area contributed by atoms with Gasteiger partial charge >= 0.3 is 0 Å². The van der Waals surface area contributed by atoms with E-state index in [0.29, 0.717) is 28.4 Å². The lowest BCUT2D eigenvalue weighted by Crippen LogP contribution is -2.16. The highest BCUT2D eigenvalue weighted by Crippen LogP contribution is 2.23. The first kappa shape index (κ1) is 16.8. The van der Waals surface area contributed by atoms with Crippen molar-refractivity contribution in [2.75, 3.05) is 14.2 Å². The van der Waals surface area contributed by atoms with Crippen LogP contribution < -0.4 is 14.3 Å². The average Bonchev–Trinajstić information content (AvgIpc) is 2.99. The van der Waals surface area contributed by atoms with Gasteiger partial charge in [0.25, 0.3) is 5.91 Å². The van der Waals surface area contributed by atoms with Crippen molar-refractivity contribution in [3.8, 4) is 23.8 Å². The molecule has 25 heavy (non-hydrogen) atoms. The fourth-order valence-corrected chi connectivity index (χ4v) is 3.46. The second kappa shape index (κ2) is 7.24. The molecule has 1 aromatic heterocycles. The zero-order valence-electron chi connectivity index (χ0n) is 13.9. The largest absolute Gasteiger partial charge is 0.497 e. The predicted molar refractivity (Wildman–Crippen MR) is 98.1 cm³/mol. The van der Waals surface area contributed by atoms with Gasteiger partial charge in [-0.2, -0.15) is 4.99 Å². The second-order valence-electron chi connectivity index (χ2n) is 5.16. The van der Waals surface area contributed by atoms with Crippen LogP contribution >= 0.6 is 11.3 Å². The summed E-state index contributed by atoms with van der Waals surface area (Å²) >= 11 is 1.42. The summed E-state index contributed by atoms with van der Waals surface area (Å²) in [6.07, 6.45) is 5.47. The number of aromatic nitrogens is 1. The molecule has 3 aromatic rings. The van der Waals surface area contributed by atoms with Crippen molar-refractivity contribution in [3.05, 3.63) is 52.8 Å². The third-order valence-electron chi connectivity index (χ3n) is 3.63. The van der Waals surface area contributed by atoms with Crippen LogP contribution in [0.3, 0.4) is 0 Å². The van der Waals surface area contributed by atoms with Gasteiger partial charge in [0.05, 0.1) is 31.0 Å². The fourth-order valence-electron chi connectivity index (χ4n) is 2.43. The molecule has 0 aliphatic heterocycles. The minimum atomic E-state index is -0.380. The first-order valence-electron chi connectivity index (χ1n) is 7.50. The van der Waals surface area contributed by atoms with Crippen molar-refractivity contribution >= 4 is 27.5 Å². The molecular formula is C19H16N2O3S. The maximum atomic E-state index is 12.6. The zero-order chi connectivity index (χ0) is 17.8. The molecule has 126 valence electrons. The first-order chi connectivity index (χ1) is 12.2. The summed E-state index contributed by atoms with van der Waals surface area (Å²) in [5, 5.41) is 0. The molecule has 1 amide bonds. The van der Waals surface area contributed by atoms with E-state index in [2.05, 4.69) is 10.9 Å². The van der Waals surface area contributed by atoms with Gasteiger partial charge in [0.2, 0.25) is 0 Å². The van der Waals surface area contributed by atoms with Crippen LogP contribution in [0.1, 0.15) is 10.4 Å². The van der Waals surface area contributed by atoms with Crippen molar-refractivity contribution < 1.29 is 14.3 Å². The summed E-state index contributed by atoms with van der Waals surface area (Å²) in [6, 6.07) is 12.8. The smallest absolute Gasteiger partial charge is 0.279 e. The van der Waals surface area contributed by atoms with E-state index in [4.69, 9.17) is 15.9 Å². The van der Waals surface area contributed by atoms with E-state index in [0.717, 1.165) is 10.2 Å².